The van der Waals surface area contributed by atoms with Gasteiger partial charge in [0.05, 0.1) is 12.3 Å². The van der Waals surface area contributed by atoms with Crippen LogP contribution in [0.4, 0.5) is 0 Å². The second kappa shape index (κ2) is 5.39. The van der Waals surface area contributed by atoms with Crippen LogP contribution in [0, 0.1) is 5.92 Å². The lowest BCUT2D eigenvalue weighted by Gasteiger charge is -2.29. The average molecular weight is 232 g/mol. The molecule has 0 aromatic rings. The fraction of sp³-hybridized carbons (Fsp3) is 0.889. The van der Waals surface area contributed by atoms with Crippen molar-refractivity contribution in [2.24, 2.45) is 10.9 Å². The Hall–Kier alpha value is -0.710. The van der Waals surface area contributed by atoms with E-state index in [-0.39, 0.29) is 12.3 Å². The van der Waals surface area contributed by atoms with Gasteiger partial charge in [-0.25, -0.2) is 22.5 Å². The van der Waals surface area contributed by atoms with Gasteiger partial charge in [0.2, 0.25) is 16.1 Å². The number of hydrogen-bond donors (Lipinski definition) is 0. The maximum Gasteiger partial charge on any atom is 0.234 e. The Morgan fingerprint density at radius 2 is 2.27 bits per heavy atom. The Kier molecular flexibility index (Phi) is 4.45. The first kappa shape index (κ1) is 12.4. The zero-order chi connectivity index (χ0) is 11.3. The van der Waals surface area contributed by atoms with Crippen LogP contribution in [0.25, 0.3) is 0 Å². The van der Waals surface area contributed by atoms with E-state index in [0.29, 0.717) is 19.0 Å². The maximum absolute atomic E-state index is 11.7. The van der Waals surface area contributed by atoms with Crippen molar-refractivity contribution in [2.45, 2.75) is 19.8 Å². The summed E-state index contributed by atoms with van der Waals surface area (Å²) < 4.78 is 25.0. The van der Waals surface area contributed by atoms with Crippen molar-refractivity contribution in [1.82, 2.24) is 4.31 Å². The van der Waals surface area contributed by atoms with Gasteiger partial charge in [-0.15, -0.1) is 0 Å². The molecule has 0 aromatic carbocycles. The van der Waals surface area contributed by atoms with Gasteiger partial charge in [-0.3, -0.25) is 0 Å². The lowest BCUT2D eigenvalue weighted by atomic mass is 10.0. The molecule has 1 aliphatic rings. The molecule has 1 rings (SSSR count). The summed E-state index contributed by atoms with van der Waals surface area (Å²) in [6.45, 7) is 3.24. The van der Waals surface area contributed by atoms with E-state index in [0.717, 1.165) is 12.8 Å². The zero-order valence-electron chi connectivity index (χ0n) is 8.85. The number of piperidine rings is 1. The standard InChI is InChI=1S/C9H16N2O3S/c1-9-3-2-5-11(7-9)15(13,14)6-4-10-8-12/h9H,2-7H2,1H3. The summed E-state index contributed by atoms with van der Waals surface area (Å²) in [4.78, 5) is 13.1. The normalized spacial score (nSPS) is 23.4. The Morgan fingerprint density at radius 3 is 2.87 bits per heavy atom. The van der Waals surface area contributed by atoms with Crippen LogP contribution in [0.5, 0.6) is 0 Å². The quantitative estimate of drug-likeness (QED) is 0.520. The first-order chi connectivity index (χ1) is 7.06. The van der Waals surface area contributed by atoms with Gasteiger partial charge in [0.25, 0.3) is 0 Å². The van der Waals surface area contributed by atoms with Crippen molar-refractivity contribution in [3.8, 4) is 0 Å². The van der Waals surface area contributed by atoms with Crippen molar-refractivity contribution in [3.05, 3.63) is 0 Å². The van der Waals surface area contributed by atoms with E-state index in [1.807, 2.05) is 6.92 Å². The molecule has 1 fully saturated rings. The Labute approximate surface area is 90.2 Å². The Balaban J connectivity index is 2.56. The number of nitrogens with zero attached hydrogens (tertiary/aromatic N) is 2. The van der Waals surface area contributed by atoms with Crippen molar-refractivity contribution >= 4 is 16.1 Å². The molecule has 0 aromatic heterocycles. The highest BCUT2D eigenvalue weighted by molar-refractivity contribution is 7.89. The molecular formula is C9H16N2O3S. The maximum atomic E-state index is 11.7. The first-order valence-corrected chi connectivity index (χ1v) is 6.68. The lowest BCUT2D eigenvalue weighted by molar-refractivity contribution is 0.281. The van der Waals surface area contributed by atoms with Crippen LogP contribution >= 0.6 is 0 Å². The zero-order valence-corrected chi connectivity index (χ0v) is 9.66. The summed E-state index contributed by atoms with van der Waals surface area (Å²) in [6, 6.07) is 0. The van der Waals surface area contributed by atoms with Crippen molar-refractivity contribution in [1.29, 1.82) is 0 Å². The summed E-state index contributed by atoms with van der Waals surface area (Å²) in [6.07, 6.45) is 3.34. The van der Waals surface area contributed by atoms with Crippen molar-refractivity contribution in [3.63, 3.8) is 0 Å². The number of isocyanates is 1. The van der Waals surface area contributed by atoms with Gasteiger partial charge in [0.15, 0.2) is 0 Å². The topological polar surface area (TPSA) is 66.8 Å². The molecule has 0 radical (unpaired) electrons. The molecular weight excluding hydrogens is 216 g/mol. The summed E-state index contributed by atoms with van der Waals surface area (Å²) in [5.74, 6) is 0.331. The number of carbonyl (C=O) groups excluding carboxylic acids is 1. The molecule has 5 nitrogen and oxygen atoms in total. The molecule has 15 heavy (non-hydrogen) atoms. The SMILES string of the molecule is CC1CCCN(S(=O)(=O)CCN=C=O)C1. The fourth-order valence-electron chi connectivity index (χ4n) is 1.73. The number of rotatable bonds is 4. The highest BCUT2D eigenvalue weighted by Crippen LogP contribution is 2.18. The number of sulfonamides is 1. The molecule has 0 N–H and O–H groups in total. The van der Waals surface area contributed by atoms with Gasteiger partial charge < -0.3 is 0 Å². The molecule has 0 bridgehead atoms. The van der Waals surface area contributed by atoms with Crippen molar-refractivity contribution < 1.29 is 13.2 Å². The molecule has 86 valence electrons. The van der Waals surface area contributed by atoms with Gasteiger partial charge >= 0.3 is 0 Å². The predicted molar refractivity (Wildman–Crippen MR) is 56.7 cm³/mol. The molecule has 1 atom stereocenters. The second-order valence-electron chi connectivity index (χ2n) is 3.89. The number of aliphatic imine (C=N–C) groups is 1. The van der Waals surface area contributed by atoms with Gasteiger partial charge in [0, 0.05) is 13.1 Å². The highest BCUT2D eigenvalue weighted by atomic mass is 32.2. The van der Waals surface area contributed by atoms with Gasteiger partial charge in [-0.05, 0) is 18.8 Å². The molecule has 1 heterocycles. The van der Waals surface area contributed by atoms with E-state index in [1.54, 1.807) is 0 Å². The van der Waals surface area contributed by atoms with Gasteiger partial charge in [-0.1, -0.05) is 6.92 Å². The van der Waals surface area contributed by atoms with Crippen LogP contribution in [0.1, 0.15) is 19.8 Å². The van der Waals surface area contributed by atoms with E-state index < -0.39 is 10.0 Å². The monoisotopic (exact) mass is 232 g/mol. The predicted octanol–water partition coefficient (Wildman–Crippen LogP) is 0.384. The third-order valence-electron chi connectivity index (χ3n) is 2.54. The molecule has 0 saturated carbocycles. The Morgan fingerprint density at radius 1 is 1.53 bits per heavy atom. The average Bonchev–Trinajstić information content (AvgIpc) is 2.18. The van der Waals surface area contributed by atoms with Gasteiger partial charge in [-0.2, -0.15) is 0 Å². The number of hydrogen-bond acceptors (Lipinski definition) is 4. The largest absolute Gasteiger partial charge is 0.234 e. The van der Waals surface area contributed by atoms with Crippen LogP contribution in [0.3, 0.4) is 0 Å². The fourth-order valence-corrected chi connectivity index (χ4v) is 3.20. The van der Waals surface area contributed by atoms with E-state index in [1.165, 1.54) is 10.4 Å². The molecule has 0 aliphatic carbocycles. The van der Waals surface area contributed by atoms with Gasteiger partial charge in [0.1, 0.15) is 0 Å². The van der Waals surface area contributed by atoms with E-state index in [2.05, 4.69) is 4.99 Å². The molecule has 1 aliphatic heterocycles. The second-order valence-corrected chi connectivity index (χ2v) is 5.98. The molecule has 0 spiro atoms. The van der Waals surface area contributed by atoms with Crippen LogP contribution in [-0.4, -0.2) is 44.2 Å². The Bertz CT molecular complexity index is 346. The molecule has 6 heteroatoms. The minimum atomic E-state index is -3.23. The lowest BCUT2D eigenvalue weighted by Crippen LogP contribution is -2.40. The van der Waals surface area contributed by atoms with Crippen LogP contribution < -0.4 is 0 Å². The third-order valence-corrected chi connectivity index (χ3v) is 4.36. The van der Waals surface area contributed by atoms with Crippen LogP contribution in [0.15, 0.2) is 4.99 Å². The molecule has 1 saturated heterocycles. The smallest absolute Gasteiger partial charge is 0.212 e. The van der Waals surface area contributed by atoms with E-state index in [4.69, 9.17) is 0 Å². The molecule has 1 unspecified atom stereocenters. The first-order valence-electron chi connectivity index (χ1n) is 5.07. The third kappa shape index (κ3) is 3.74. The van der Waals surface area contributed by atoms with Crippen LogP contribution in [0.2, 0.25) is 0 Å². The van der Waals surface area contributed by atoms with Crippen LogP contribution in [-0.2, 0) is 14.8 Å². The minimum Gasteiger partial charge on any atom is -0.212 e. The summed E-state index contributed by atoms with van der Waals surface area (Å²) in [7, 11) is -3.23. The summed E-state index contributed by atoms with van der Waals surface area (Å²) in [5, 5.41) is 0. The molecule has 0 amide bonds. The summed E-state index contributed by atoms with van der Waals surface area (Å²) in [5.41, 5.74) is 0. The van der Waals surface area contributed by atoms with E-state index >= 15 is 0 Å². The summed E-state index contributed by atoms with van der Waals surface area (Å²) >= 11 is 0. The van der Waals surface area contributed by atoms with E-state index in [9.17, 15) is 13.2 Å². The minimum absolute atomic E-state index is 0.0106. The van der Waals surface area contributed by atoms with Crippen molar-refractivity contribution in [2.75, 3.05) is 25.4 Å². The highest BCUT2D eigenvalue weighted by Gasteiger charge is 2.26.